The highest BCUT2D eigenvalue weighted by Gasteiger charge is 2.15. The van der Waals surface area contributed by atoms with Gasteiger partial charge in [-0.2, -0.15) is 0 Å². The molecule has 0 unspecified atom stereocenters. The SMILES string of the molecule is [2H]c1c(-c2c3c([2H])c([2H])c([2H])c([2H])c3c([2H])c3c2c([2H])c([2H])c2c([2H])c([2H])c([2H])c([2H])c23)c([2H])c2c(oc3c([2H])c4c([2H])c([2H])c([2H])c([2H])c4c([2H])c32)c1[2H]. The molecule has 1 heteroatoms. The second kappa shape index (κ2) is 6.94. The lowest BCUT2D eigenvalue weighted by Gasteiger charge is -2.14. The van der Waals surface area contributed by atoms with Gasteiger partial charge in [0.2, 0.25) is 0 Å². The van der Waals surface area contributed by atoms with E-state index in [1.165, 1.54) is 0 Å². The van der Waals surface area contributed by atoms with Crippen molar-refractivity contribution < 1.29 is 31.8 Å². The molecule has 0 saturated carbocycles. The molecular formula is C34H20O. The minimum atomic E-state index is -0.822. The highest BCUT2D eigenvalue weighted by molar-refractivity contribution is 6.21. The van der Waals surface area contributed by atoms with Gasteiger partial charge in [0.05, 0.1) is 27.4 Å². The lowest BCUT2D eigenvalue weighted by Crippen LogP contribution is -1.87. The summed E-state index contributed by atoms with van der Waals surface area (Å²) in [5, 5.41) is -4.37. The van der Waals surface area contributed by atoms with Crippen LogP contribution in [0.15, 0.2) is 125 Å². The molecule has 0 amide bonds. The molecule has 0 N–H and O–H groups in total. The van der Waals surface area contributed by atoms with Crippen molar-refractivity contribution >= 4 is 65.0 Å². The smallest absolute Gasteiger partial charge is 0.136 e. The van der Waals surface area contributed by atoms with Crippen LogP contribution in [0.1, 0.15) is 27.4 Å². The largest absolute Gasteiger partial charge is 0.456 e. The first-order valence-electron chi connectivity index (χ1n) is 20.4. The van der Waals surface area contributed by atoms with E-state index in [-0.39, 0.29) is 10.8 Å². The quantitative estimate of drug-likeness (QED) is 0.174. The lowest BCUT2D eigenvalue weighted by molar-refractivity contribution is 0.669. The Morgan fingerprint density at radius 2 is 1.06 bits per heavy atom. The molecule has 0 fully saturated rings. The van der Waals surface area contributed by atoms with Gasteiger partial charge < -0.3 is 4.42 Å². The first-order chi connectivity index (χ1) is 25.7. The van der Waals surface area contributed by atoms with Gasteiger partial charge in [-0.05, 0) is 84.4 Å². The predicted molar refractivity (Wildman–Crippen MR) is 149 cm³/mol. The van der Waals surface area contributed by atoms with Gasteiger partial charge in [0, 0.05) is 10.8 Å². The number of hydrogen-bond donors (Lipinski definition) is 0. The van der Waals surface area contributed by atoms with Crippen LogP contribution in [0.5, 0.6) is 0 Å². The highest BCUT2D eigenvalue weighted by Crippen LogP contribution is 2.41. The van der Waals surface area contributed by atoms with Crippen LogP contribution in [0.2, 0.25) is 0 Å². The molecule has 0 saturated heterocycles. The van der Waals surface area contributed by atoms with Crippen molar-refractivity contribution in [2.75, 3.05) is 0 Å². The monoisotopic (exact) mass is 464 g/mol. The molecule has 8 aromatic rings. The van der Waals surface area contributed by atoms with E-state index < -0.39 is 186 Å². The van der Waals surface area contributed by atoms with E-state index in [2.05, 4.69) is 0 Å². The minimum absolute atomic E-state index is 0.350. The van der Waals surface area contributed by atoms with Gasteiger partial charge in [0.15, 0.2) is 0 Å². The van der Waals surface area contributed by atoms with Crippen LogP contribution >= 0.6 is 0 Å². The molecule has 0 radical (unpaired) electrons. The van der Waals surface area contributed by atoms with Gasteiger partial charge in [-0.25, -0.2) is 0 Å². The summed E-state index contributed by atoms with van der Waals surface area (Å²) in [4.78, 5) is 0. The van der Waals surface area contributed by atoms with Gasteiger partial charge in [-0.15, -0.1) is 0 Å². The van der Waals surface area contributed by atoms with Crippen LogP contribution in [0.3, 0.4) is 0 Å². The van der Waals surface area contributed by atoms with E-state index >= 15 is 0 Å². The summed E-state index contributed by atoms with van der Waals surface area (Å²) in [6.45, 7) is 0. The molecule has 35 heavy (non-hydrogen) atoms. The summed E-state index contributed by atoms with van der Waals surface area (Å²) in [5.41, 5.74) is -2.07. The van der Waals surface area contributed by atoms with Crippen LogP contribution in [0, 0.1) is 0 Å². The fourth-order valence-electron chi connectivity index (χ4n) is 4.30. The van der Waals surface area contributed by atoms with Crippen molar-refractivity contribution in [1.82, 2.24) is 0 Å². The topological polar surface area (TPSA) is 13.1 Å². The lowest BCUT2D eigenvalue weighted by atomic mass is 9.89. The van der Waals surface area contributed by atoms with Crippen molar-refractivity contribution in [2.24, 2.45) is 0 Å². The molecular weight excluding hydrogens is 424 g/mol. The summed E-state index contributed by atoms with van der Waals surface area (Å²) in [7, 11) is 0. The fourth-order valence-corrected chi connectivity index (χ4v) is 4.30. The van der Waals surface area contributed by atoms with Crippen molar-refractivity contribution in [3.8, 4) is 11.1 Å². The van der Waals surface area contributed by atoms with Crippen LogP contribution in [0.25, 0.3) is 76.2 Å². The Balaban J connectivity index is 1.74. The Morgan fingerprint density at radius 1 is 0.400 bits per heavy atom. The Kier molecular flexibility index (Phi) is 1.58. The number of fused-ring (bicyclic) bond motifs is 8. The molecule has 7 aromatic carbocycles. The Bertz CT molecular complexity index is 3200. The molecule has 1 heterocycles. The number of hydrogen-bond acceptors (Lipinski definition) is 1. The van der Waals surface area contributed by atoms with E-state index in [9.17, 15) is 5.48 Å². The Labute approximate surface area is 229 Å². The molecule has 0 atom stereocenters. The average molecular weight is 465 g/mol. The van der Waals surface area contributed by atoms with Crippen molar-refractivity contribution in [1.29, 1.82) is 0 Å². The zero-order chi connectivity index (χ0) is 40.3. The predicted octanol–water partition coefficient (Wildman–Crippen LogP) is 9.87. The molecule has 1 aromatic heterocycles. The standard InChI is InChI=1S/C34H20O/c1-2-9-23-20-33-31(17-22(23)8-1)30-19-25(14-16-32(30)35-33)34-27-12-6-4-10-24(27)18-29-26-11-5-3-7-21(26)13-15-28(29)34/h1-20H/i1D,2D,3D,4D,5D,6D,7D,8D,9D,10D,11D,12D,13D,14D,15D,16D,17D,18D,19D,20D. The normalized spacial score (nSPS) is 20.0. The second-order valence-electron chi connectivity index (χ2n) is 7.76. The maximum atomic E-state index is 9.58. The highest BCUT2D eigenvalue weighted by atomic mass is 16.3. The molecule has 0 aliphatic carbocycles. The van der Waals surface area contributed by atoms with E-state index in [0.29, 0.717) is 0 Å². The fraction of sp³-hybridized carbons (Fsp3) is 0. The number of benzene rings is 7. The number of furan rings is 1. The van der Waals surface area contributed by atoms with Gasteiger partial charge in [-0.3, -0.25) is 0 Å². The zero-order valence-corrected chi connectivity index (χ0v) is 17.4. The third-order valence-corrected chi connectivity index (χ3v) is 5.82. The maximum Gasteiger partial charge on any atom is 0.136 e. The van der Waals surface area contributed by atoms with Crippen LogP contribution in [-0.4, -0.2) is 0 Å². The summed E-state index contributed by atoms with van der Waals surface area (Å²) < 4.78 is 181. The molecule has 0 aliphatic heterocycles. The molecule has 162 valence electrons. The van der Waals surface area contributed by atoms with E-state index in [0.717, 1.165) is 0 Å². The van der Waals surface area contributed by atoms with Crippen LogP contribution in [-0.2, 0) is 0 Å². The van der Waals surface area contributed by atoms with E-state index in [4.69, 9.17) is 26.3 Å². The van der Waals surface area contributed by atoms with Crippen molar-refractivity contribution in [3.05, 3.63) is 121 Å². The van der Waals surface area contributed by atoms with Gasteiger partial charge in [0.25, 0.3) is 0 Å². The average Bonchev–Trinajstić information content (AvgIpc) is 3.57. The van der Waals surface area contributed by atoms with Crippen LogP contribution < -0.4 is 0 Å². The Hall–Kier alpha value is -4.62. The van der Waals surface area contributed by atoms with E-state index in [1.54, 1.807) is 0 Å². The van der Waals surface area contributed by atoms with Crippen molar-refractivity contribution in [2.45, 2.75) is 0 Å². The molecule has 1 nitrogen and oxygen atoms in total. The zero-order valence-electron chi connectivity index (χ0n) is 37.4. The van der Waals surface area contributed by atoms with Crippen molar-refractivity contribution in [3.63, 3.8) is 0 Å². The minimum Gasteiger partial charge on any atom is -0.456 e. The van der Waals surface area contributed by atoms with E-state index in [1.807, 2.05) is 0 Å². The first kappa shape index (κ1) is 7.96. The molecule has 8 rings (SSSR count). The van der Waals surface area contributed by atoms with Gasteiger partial charge in [-0.1, -0.05) is 90.6 Å². The summed E-state index contributed by atoms with van der Waals surface area (Å²) in [5.74, 6) is 0. The Morgan fingerprint density at radius 3 is 1.91 bits per heavy atom. The maximum absolute atomic E-state index is 9.58. The molecule has 0 spiro atoms. The van der Waals surface area contributed by atoms with Gasteiger partial charge >= 0.3 is 0 Å². The summed E-state index contributed by atoms with van der Waals surface area (Å²) in [6.07, 6.45) is 0. The third-order valence-electron chi connectivity index (χ3n) is 5.82. The number of rotatable bonds is 1. The summed E-state index contributed by atoms with van der Waals surface area (Å²) in [6, 6.07) is -14.6. The molecule has 0 aliphatic rings. The van der Waals surface area contributed by atoms with Crippen LogP contribution in [0.4, 0.5) is 0 Å². The summed E-state index contributed by atoms with van der Waals surface area (Å²) >= 11 is 0. The second-order valence-corrected chi connectivity index (χ2v) is 7.76. The van der Waals surface area contributed by atoms with Gasteiger partial charge in [0.1, 0.15) is 11.2 Å². The first-order valence-corrected chi connectivity index (χ1v) is 10.4. The molecule has 0 bridgehead atoms. The third kappa shape index (κ3) is 2.70.